The van der Waals surface area contributed by atoms with Crippen LogP contribution in [0.3, 0.4) is 0 Å². The average molecular weight is 393 g/mol. The zero-order valence-electron chi connectivity index (χ0n) is 13.2. The van der Waals surface area contributed by atoms with E-state index in [1.165, 1.54) is 41.3 Å². The Balaban J connectivity index is 1.65. The maximum Gasteiger partial charge on any atom is 0.237 e. The number of hydrogen-bond donors (Lipinski definition) is 1. The van der Waals surface area contributed by atoms with Crippen LogP contribution in [0, 0.1) is 5.82 Å². The molecule has 3 aromatic rings. The molecule has 3 nitrogen and oxygen atoms in total. The molecule has 25 heavy (non-hydrogen) atoms. The minimum Gasteiger partial charge on any atom is -0.324 e. The number of carbonyl (C=O) groups is 1. The van der Waals surface area contributed by atoms with E-state index in [-0.39, 0.29) is 16.2 Å². The monoisotopic (exact) mass is 392 g/mol. The van der Waals surface area contributed by atoms with Crippen LogP contribution in [0.5, 0.6) is 0 Å². The second-order valence-corrected chi connectivity index (χ2v) is 8.09. The molecule has 0 radical (unpaired) electrons. The number of hydrogen-bond acceptors (Lipinski definition) is 4. The Labute approximate surface area is 158 Å². The van der Waals surface area contributed by atoms with Gasteiger partial charge in [0.05, 0.1) is 21.7 Å². The normalized spacial score (nSPS) is 12.0. The lowest BCUT2D eigenvalue weighted by Gasteiger charge is -2.11. The Kier molecular flexibility index (Phi) is 5.73. The number of rotatable bonds is 5. The number of halogens is 2. The van der Waals surface area contributed by atoms with Gasteiger partial charge < -0.3 is 5.32 Å². The molecule has 1 aromatic heterocycles. The number of anilines is 1. The minimum absolute atomic E-state index is 0.172. The number of aromatic nitrogens is 1. The maximum atomic E-state index is 13.1. The number of amides is 1. The van der Waals surface area contributed by atoms with Gasteiger partial charge in [0.2, 0.25) is 5.91 Å². The molecule has 3 rings (SSSR count). The van der Waals surface area contributed by atoms with Crippen molar-refractivity contribution in [2.75, 3.05) is 5.32 Å². The van der Waals surface area contributed by atoms with E-state index >= 15 is 0 Å². The molecule has 7 heteroatoms. The highest BCUT2D eigenvalue weighted by molar-refractivity contribution is 8.02. The summed E-state index contributed by atoms with van der Waals surface area (Å²) in [7, 11) is 0. The number of benzene rings is 2. The van der Waals surface area contributed by atoms with Crippen LogP contribution in [0.1, 0.15) is 6.92 Å². The van der Waals surface area contributed by atoms with Crippen LogP contribution in [-0.2, 0) is 4.79 Å². The number of thiazole rings is 1. The largest absolute Gasteiger partial charge is 0.324 e. The zero-order valence-corrected chi connectivity index (χ0v) is 15.6. The molecule has 0 saturated carbocycles. The van der Waals surface area contributed by atoms with Gasteiger partial charge in [-0.3, -0.25) is 4.79 Å². The molecular weight excluding hydrogens is 379 g/mol. The van der Waals surface area contributed by atoms with Crippen LogP contribution in [-0.4, -0.2) is 16.1 Å². The van der Waals surface area contributed by atoms with Crippen LogP contribution in [0.15, 0.2) is 58.3 Å². The predicted molar refractivity (Wildman–Crippen MR) is 103 cm³/mol. The van der Waals surface area contributed by atoms with Gasteiger partial charge in [-0.25, -0.2) is 9.37 Å². The molecule has 1 heterocycles. The summed E-state index contributed by atoms with van der Waals surface area (Å²) in [5.41, 5.74) is 2.33. The molecular formula is C18H14ClFN2OS2. The molecule has 0 fully saturated rings. The standard InChI is InChI=1S/C18H14ClFN2OS2/c1-11(17(23)21-15-8-7-13(20)9-14(15)19)25-18-22-16(10-24-18)12-5-3-2-4-6-12/h2-11H,1H3,(H,21,23)/t11-/m0/s1. The fraction of sp³-hybridized carbons (Fsp3) is 0.111. The predicted octanol–water partition coefficient (Wildman–Crippen LogP) is 5.72. The third-order valence-electron chi connectivity index (χ3n) is 3.39. The summed E-state index contributed by atoms with van der Waals surface area (Å²) in [5.74, 6) is -0.656. The third-order valence-corrected chi connectivity index (χ3v) is 5.77. The lowest BCUT2D eigenvalue weighted by Crippen LogP contribution is -2.22. The molecule has 1 atom stereocenters. The first kappa shape index (κ1) is 17.9. The first-order valence-corrected chi connectivity index (χ1v) is 9.60. The van der Waals surface area contributed by atoms with E-state index in [1.54, 1.807) is 6.92 Å². The van der Waals surface area contributed by atoms with Crippen molar-refractivity contribution in [2.45, 2.75) is 16.5 Å². The van der Waals surface area contributed by atoms with Crippen molar-refractivity contribution in [3.63, 3.8) is 0 Å². The Hall–Kier alpha value is -1.89. The van der Waals surface area contributed by atoms with E-state index in [0.717, 1.165) is 15.6 Å². The van der Waals surface area contributed by atoms with Gasteiger partial charge >= 0.3 is 0 Å². The summed E-state index contributed by atoms with van der Waals surface area (Å²) in [6.07, 6.45) is 0. The fourth-order valence-corrected chi connectivity index (χ4v) is 4.27. The SMILES string of the molecule is C[C@H](Sc1nc(-c2ccccc2)cs1)C(=O)Nc1ccc(F)cc1Cl. The van der Waals surface area contributed by atoms with Gasteiger partial charge in [0.25, 0.3) is 0 Å². The van der Waals surface area contributed by atoms with Crippen LogP contribution in [0.2, 0.25) is 5.02 Å². The molecule has 0 bridgehead atoms. The van der Waals surface area contributed by atoms with Crippen molar-refractivity contribution >= 4 is 46.3 Å². The highest BCUT2D eigenvalue weighted by atomic mass is 35.5. The second-order valence-electron chi connectivity index (χ2n) is 5.24. The second kappa shape index (κ2) is 7.99. The summed E-state index contributed by atoms with van der Waals surface area (Å²) < 4.78 is 13.9. The molecule has 0 aliphatic heterocycles. The Bertz CT molecular complexity index is 886. The molecule has 0 saturated heterocycles. The van der Waals surface area contributed by atoms with E-state index in [1.807, 2.05) is 35.7 Å². The lowest BCUT2D eigenvalue weighted by molar-refractivity contribution is -0.115. The number of carbonyl (C=O) groups excluding carboxylic acids is 1. The highest BCUT2D eigenvalue weighted by Crippen LogP contribution is 2.31. The van der Waals surface area contributed by atoms with Crippen molar-refractivity contribution in [3.8, 4) is 11.3 Å². The zero-order chi connectivity index (χ0) is 17.8. The van der Waals surface area contributed by atoms with Gasteiger partial charge in [-0.15, -0.1) is 11.3 Å². The van der Waals surface area contributed by atoms with Gasteiger partial charge in [0.15, 0.2) is 4.34 Å². The summed E-state index contributed by atoms with van der Waals surface area (Å²) in [4.78, 5) is 16.9. The van der Waals surface area contributed by atoms with Crippen molar-refractivity contribution in [2.24, 2.45) is 0 Å². The van der Waals surface area contributed by atoms with Gasteiger partial charge in [0.1, 0.15) is 5.82 Å². The quantitative estimate of drug-likeness (QED) is 0.564. The molecule has 128 valence electrons. The molecule has 0 aliphatic carbocycles. The van der Waals surface area contributed by atoms with Crippen LogP contribution in [0.4, 0.5) is 10.1 Å². The number of nitrogens with zero attached hydrogens (tertiary/aromatic N) is 1. The van der Waals surface area contributed by atoms with Crippen LogP contribution < -0.4 is 5.32 Å². The number of thioether (sulfide) groups is 1. The fourth-order valence-electron chi connectivity index (χ4n) is 2.08. The smallest absolute Gasteiger partial charge is 0.237 e. The molecule has 1 N–H and O–H groups in total. The molecule has 0 unspecified atom stereocenters. The lowest BCUT2D eigenvalue weighted by atomic mass is 10.2. The molecule has 0 spiro atoms. The third kappa shape index (κ3) is 4.60. The Morgan fingerprint density at radius 1 is 1.28 bits per heavy atom. The van der Waals surface area contributed by atoms with Gasteiger partial charge in [-0.05, 0) is 25.1 Å². The highest BCUT2D eigenvalue weighted by Gasteiger charge is 2.18. The van der Waals surface area contributed by atoms with Gasteiger partial charge in [-0.2, -0.15) is 0 Å². The van der Waals surface area contributed by atoms with E-state index in [4.69, 9.17) is 11.6 Å². The topological polar surface area (TPSA) is 42.0 Å². The van der Waals surface area contributed by atoms with E-state index in [9.17, 15) is 9.18 Å². The summed E-state index contributed by atoms with van der Waals surface area (Å²) in [5, 5.41) is 4.49. The molecule has 1 amide bonds. The number of nitrogens with one attached hydrogen (secondary N) is 1. The summed E-state index contributed by atoms with van der Waals surface area (Å²) >= 11 is 8.81. The van der Waals surface area contributed by atoms with Crippen molar-refractivity contribution in [1.82, 2.24) is 4.98 Å². The van der Waals surface area contributed by atoms with Crippen molar-refractivity contribution < 1.29 is 9.18 Å². The van der Waals surface area contributed by atoms with E-state index in [2.05, 4.69) is 10.3 Å². The van der Waals surface area contributed by atoms with Crippen molar-refractivity contribution in [1.29, 1.82) is 0 Å². The Morgan fingerprint density at radius 2 is 2.04 bits per heavy atom. The minimum atomic E-state index is -0.443. The average Bonchev–Trinajstić information content (AvgIpc) is 3.06. The van der Waals surface area contributed by atoms with E-state index < -0.39 is 5.82 Å². The van der Waals surface area contributed by atoms with Crippen LogP contribution in [0.25, 0.3) is 11.3 Å². The molecule has 2 aromatic carbocycles. The van der Waals surface area contributed by atoms with Gasteiger partial charge in [-0.1, -0.05) is 53.7 Å². The van der Waals surface area contributed by atoms with E-state index in [0.29, 0.717) is 5.69 Å². The van der Waals surface area contributed by atoms with Gasteiger partial charge in [0, 0.05) is 10.9 Å². The first-order valence-electron chi connectivity index (χ1n) is 7.46. The maximum absolute atomic E-state index is 13.1. The first-order chi connectivity index (χ1) is 12.0. The summed E-state index contributed by atoms with van der Waals surface area (Å²) in [6.45, 7) is 1.79. The summed E-state index contributed by atoms with van der Waals surface area (Å²) in [6, 6.07) is 13.7. The molecule has 0 aliphatic rings. The van der Waals surface area contributed by atoms with Crippen molar-refractivity contribution in [3.05, 3.63) is 64.8 Å². The Morgan fingerprint density at radius 3 is 2.76 bits per heavy atom. The van der Waals surface area contributed by atoms with Crippen LogP contribution >= 0.6 is 34.7 Å².